The van der Waals surface area contributed by atoms with Crippen LogP contribution < -0.4 is 14.2 Å². The van der Waals surface area contributed by atoms with Crippen molar-refractivity contribution in [1.82, 2.24) is 0 Å². The lowest BCUT2D eigenvalue weighted by molar-refractivity contribution is 0.216. The van der Waals surface area contributed by atoms with Crippen molar-refractivity contribution in [1.29, 1.82) is 0 Å². The van der Waals surface area contributed by atoms with Crippen molar-refractivity contribution >= 4 is 9.84 Å². The molecule has 0 spiro atoms. The molecule has 6 heteroatoms. The molecule has 0 atom stereocenters. The van der Waals surface area contributed by atoms with E-state index in [4.69, 9.17) is 14.2 Å². The normalized spacial score (nSPS) is 11.1. The van der Waals surface area contributed by atoms with E-state index in [-0.39, 0.29) is 4.90 Å². The third-order valence-electron chi connectivity index (χ3n) is 3.15. The van der Waals surface area contributed by atoms with Crippen molar-refractivity contribution in [2.75, 3.05) is 26.1 Å². The second-order valence-corrected chi connectivity index (χ2v) is 7.28. The molecule has 5 nitrogen and oxygen atoms in total. The molecular formula is C18H22O5S. The predicted octanol–water partition coefficient (Wildman–Crippen LogP) is 3.34. The molecule has 2 rings (SSSR count). The second kappa shape index (κ2) is 8.59. The van der Waals surface area contributed by atoms with Crippen molar-refractivity contribution in [2.24, 2.45) is 0 Å². The Hall–Kier alpha value is -2.21. The summed E-state index contributed by atoms with van der Waals surface area (Å²) in [6, 6.07) is 13.8. The molecule has 0 aromatic heterocycles. The molecule has 0 saturated heterocycles. The minimum absolute atomic E-state index is 0.239. The first-order valence-corrected chi connectivity index (χ1v) is 9.67. The minimum Gasteiger partial charge on any atom is -0.494 e. The van der Waals surface area contributed by atoms with Gasteiger partial charge in [0, 0.05) is 6.26 Å². The number of benzene rings is 2. The summed E-state index contributed by atoms with van der Waals surface area (Å²) < 4.78 is 39.6. The summed E-state index contributed by atoms with van der Waals surface area (Å²) in [5, 5.41) is 0. The van der Waals surface area contributed by atoms with Crippen LogP contribution in [0.1, 0.15) is 13.3 Å². The zero-order valence-electron chi connectivity index (χ0n) is 13.9. The molecule has 0 saturated carbocycles. The first kappa shape index (κ1) is 18.1. The maximum Gasteiger partial charge on any atom is 0.175 e. The fourth-order valence-corrected chi connectivity index (χ4v) is 2.62. The lowest BCUT2D eigenvalue weighted by Gasteiger charge is -2.10. The number of hydrogen-bond donors (Lipinski definition) is 0. The van der Waals surface area contributed by atoms with E-state index in [1.807, 2.05) is 24.3 Å². The van der Waals surface area contributed by atoms with Gasteiger partial charge in [-0.3, -0.25) is 0 Å². The van der Waals surface area contributed by atoms with Crippen LogP contribution in [0.3, 0.4) is 0 Å². The molecule has 0 aliphatic rings. The summed E-state index contributed by atoms with van der Waals surface area (Å²) in [6.45, 7) is 3.43. The first-order chi connectivity index (χ1) is 11.5. The highest BCUT2D eigenvalue weighted by Crippen LogP contribution is 2.19. The maximum absolute atomic E-state index is 11.5. The van der Waals surface area contributed by atoms with E-state index in [1.54, 1.807) is 18.2 Å². The lowest BCUT2D eigenvalue weighted by atomic mass is 10.3. The zero-order valence-corrected chi connectivity index (χ0v) is 14.7. The zero-order chi connectivity index (χ0) is 17.4. The number of sulfone groups is 1. The average Bonchev–Trinajstić information content (AvgIpc) is 2.57. The molecule has 130 valence electrons. The number of ether oxygens (including phenoxy) is 3. The standard InChI is InChI=1S/C18H22O5S/c1-3-11-21-15-7-9-16(10-8-15)22-12-13-23-17-5-4-6-18(14-17)24(2,19)20/h4-10,14H,3,11-13H2,1-2H3. The van der Waals surface area contributed by atoms with Crippen LogP contribution in [-0.2, 0) is 9.84 Å². The number of rotatable bonds is 9. The Bertz CT molecular complexity index is 738. The van der Waals surface area contributed by atoms with Gasteiger partial charge >= 0.3 is 0 Å². The molecule has 0 heterocycles. The van der Waals surface area contributed by atoms with Crippen molar-refractivity contribution in [2.45, 2.75) is 18.2 Å². The summed E-state index contributed by atoms with van der Waals surface area (Å²) in [7, 11) is -3.23. The Kier molecular flexibility index (Phi) is 6.49. The minimum atomic E-state index is -3.23. The topological polar surface area (TPSA) is 61.8 Å². The van der Waals surface area contributed by atoms with Crippen molar-refractivity contribution in [3.8, 4) is 17.2 Å². The quantitative estimate of drug-likeness (QED) is 0.649. The van der Waals surface area contributed by atoms with E-state index in [0.717, 1.165) is 17.9 Å². The molecule has 0 bridgehead atoms. The maximum atomic E-state index is 11.5. The summed E-state index contributed by atoms with van der Waals surface area (Å²) in [6.07, 6.45) is 2.14. The third-order valence-corrected chi connectivity index (χ3v) is 4.26. The Morgan fingerprint density at radius 1 is 0.792 bits per heavy atom. The van der Waals surface area contributed by atoms with Crippen molar-refractivity contribution < 1.29 is 22.6 Å². The van der Waals surface area contributed by atoms with Gasteiger partial charge in [-0.25, -0.2) is 8.42 Å². The van der Waals surface area contributed by atoms with Crippen LogP contribution in [0.15, 0.2) is 53.4 Å². The molecule has 0 aliphatic carbocycles. The van der Waals surface area contributed by atoms with Crippen LogP contribution in [-0.4, -0.2) is 34.5 Å². The molecule has 0 N–H and O–H groups in total. The Morgan fingerprint density at radius 3 is 1.88 bits per heavy atom. The monoisotopic (exact) mass is 350 g/mol. The van der Waals surface area contributed by atoms with Crippen LogP contribution >= 0.6 is 0 Å². The van der Waals surface area contributed by atoms with Crippen LogP contribution in [0.5, 0.6) is 17.2 Å². The van der Waals surface area contributed by atoms with Gasteiger partial charge < -0.3 is 14.2 Å². The van der Waals surface area contributed by atoms with Gasteiger partial charge in [0.25, 0.3) is 0 Å². The van der Waals surface area contributed by atoms with Gasteiger partial charge in [-0.15, -0.1) is 0 Å². The Balaban J connectivity index is 1.79. The smallest absolute Gasteiger partial charge is 0.175 e. The second-order valence-electron chi connectivity index (χ2n) is 5.26. The van der Waals surface area contributed by atoms with Gasteiger partial charge in [0.1, 0.15) is 30.5 Å². The van der Waals surface area contributed by atoms with E-state index >= 15 is 0 Å². The molecular weight excluding hydrogens is 328 g/mol. The van der Waals surface area contributed by atoms with Crippen LogP contribution in [0, 0.1) is 0 Å². The van der Waals surface area contributed by atoms with Crippen molar-refractivity contribution in [3.05, 3.63) is 48.5 Å². The fraction of sp³-hybridized carbons (Fsp3) is 0.333. The summed E-state index contributed by atoms with van der Waals surface area (Å²) in [5.41, 5.74) is 0. The molecule has 0 radical (unpaired) electrons. The van der Waals surface area contributed by atoms with Gasteiger partial charge in [0.15, 0.2) is 9.84 Å². The SMILES string of the molecule is CCCOc1ccc(OCCOc2cccc(S(C)(=O)=O)c2)cc1. The van der Waals surface area contributed by atoms with Crippen molar-refractivity contribution in [3.63, 3.8) is 0 Å². The molecule has 2 aromatic carbocycles. The van der Waals surface area contributed by atoms with E-state index in [2.05, 4.69) is 6.92 Å². The Morgan fingerprint density at radius 2 is 1.33 bits per heavy atom. The highest BCUT2D eigenvalue weighted by Gasteiger charge is 2.07. The van der Waals surface area contributed by atoms with Crippen LogP contribution in [0.25, 0.3) is 0 Å². The summed E-state index contributed by atoms with van der Waals surface area (Å²) >= 11 is 0. The molecule has 2 aromatic rings. The third kappa shape index (κ3) is 5.77. The molecule has 24 heavy (non-hydrogen) atoms. The van der Waals surface area contributed by atoms with Crippen LogP contribution in [0.4, 0.5) is 0 Å². The summed E-state index contributed by atoms with van der Waals surface area (Å²) in [5.74, 6) is 2.05. The highest BCUT2D eigenvalue weighted by molar-refractivity contribution is 7.90. The van der Waals surface area contributed by atoms with E-state index in [1.165, 1.54) is 12.3 Å². The fourth-order valence-electron chi connectivity index (χ4n) is 1.97. The first-order valence-electron chi connectivity index (χ1n) is 7.77. The molecule has 0 aliphatic heterocycles. The van der Waals surface area contributed by atoms with Gasteiger partial charge in [0.2, 0.25) is 0 Å². The van der Waals surface area contributed by atoms with Gasteiger partial charge in [-0.1, -0.05) is 13.0 Å². The Labute approximate surface area is 143 Å². The van der Waals surface area contributed by atoms with Gasteiger partial charge in [-0.05, 0) is 48.9 Å². The van der Waals surface area contributed by atoms with Gasteiger partial charge in [0.05, 0.1) is 11.5 Å². The summed E-state index contributed by atoms with van der Waals surface area (Å²) in [4.78, 5) is 0.239. The molecule has 0 unspecified atom stereocenters. The van der Waals surface area contributed by atoms with E-state index in [0.29, 0.717) is 25.6 Å². The lowest BCUT2D eigenvalue weighted by Crippen LogP contribution is -2.09. The number of hydrogen-bond acceptors (Lipinski definition) is 5. The largest absolute Gasteiger partial charge is 0.494 e. The van der Waals surface area contributed by atoms with Crippen LogP contribution in [0.2, 0.25) is 0 Å². The van der Waals surface area contributed by atoms with E-state index in [9.17, 15) is 8.42 Å². The average molecular weight is 350 g/mol. The molecule has 0 fully saturated rings. The van der Waals surface area contributed by atoms with E-state index < -0.39 is 9.84 Å². The van der Waals surface area contributed by atoms with Gasteiger partial charge in [-0.2, -0.15) is 0 Å². The predicted molar refractivity (Wildman–Crippen MR) is 92.8 cm³/mol. The molecule has 0 amide bonds. The highest BCUT2D eigenvalue weighted by atomic mass is 32.2.